The summed E-state index contributed by atoms with van der Waals surface area (Å²) >= 11 is 0. The summed E-state index contributed by atoms with van der Waals surface area (Å²) in [5.74, 6) is 0.373. The third-order valence-corrected chi connectivity index (χ3v) is 2.49. The maximum absolute atomic E-state index is 11.6. The van der Waals surface area contributed by atoms with E-state index in [4.69, 9.17) is 9.94 Å². The number of rotatable bonds is 6. The first-order valence-electron chi connectivity index (χ1n) is 6.26. The standard InChI is InChI=1S/C14H20N2O3/c1-11(2)8-13(9-15-18)16-14(17)19-10-12-6-4-3-5-7-12/h3-7,9,11,13,18H,8,10H2,1-2H3,(H,16,17)/b15-9+. The molecular formula is C14H20N2O3. The molecular weight excluding hydrogens is 244 g/mol. The Morgan fingerprint density at radius 2 is 2.11 bits per heavy atom. The smallest absolute Gasteiger partial charge is 0.407 e. The van der Waals surface area contributed by atoms with E-state index in [0.29, 0.717) is 12.3 Å². The Hall–Kier alpha value is -2.04. The van der Waals surface area contributed by atoms with Crippen molar-refractivity contribution in [2.24, 2.45) is 11.1 Å². The molecule has 5 nitrogen and oxygen atoms in total. The van der Waals surface area contributed by atoms with Crippen molar-refractivity contribution >= 4 is 12.3 Å². The summed E-state index contributed by atoms with van der Waals surface area (Å²) in [6.45, 7) is 4.27. The minimum absolute atomic E-state index is 0.220. The molecule has 0 fully saturated rings. The number of ether oxygens (including phenoxy) is 1. The highest BCUT2D eigenvalue weighted by atomic mass is 16.5. The van der Waals surface area contributed by atoms with E-state index in [9.17, 15) is 4.79 Å². The van der Waals surface area contributed by atoms with Crippen molar-refractivity contribution in [3.05, 3.63) is 35.9 Å². The van der Waals surface area contributed by atoms with E-state index >= 15 is 0 Å². The summed E-state index contributed by atoms with van der Waals surface area (Å²) in [4.78, 5) is 11.6. The lowest BCUT2D eigenvalue weighted by molar-refractivity contribution is 0.137. The Morgan fingerprint density at radius 3 is 2.68 bits per heavy atom. The van der Waals surface area contributed by atoms with E-state index in [1.54, 1.807) is 0 Å². The second kappa shape index (κ2) is 8.13. The molecule has 0 bridgehead atoms. The molecule has 0 radical (unpaired) electrons. The number of alkyl carbamates (subject to hydrolysis) is 1. The molecule has 1 aromatic carbocycles. The summed E-state index contributed by atoms with van der Waals surface area (Å²) in [5, 5.41) is 14.2. The summed E-state index contributed by atoms with van der Waals surface area (Å²) in [7, 11) is 0. The number of oxime groups is 1. The number of amides is 1. The van der Waals surface area contributed by atoms with Gasteiger partial charge in [-0.2, -0.15) is 0 Å². The average molecular weight is 264 g/mol. The van der Waals surface area contributed by atoms with Crippen LogP contribution >= 0.6 is 0 Å². The summed E-state index contributed by atoms with van der Waals surface area (Å²) in [5.41, 5.74) is 0.925. The van der Waals surface area contributed by atoms with Gasteiger partial charge in [-0.05, 0) is 17.9 Å². The summed E-state index contributed by atoms with van der Waals surface area (Å²) in [6.07, 6.45) is 1.46. The van der Waals surface area contributed by atoms with Gasteiger partial charge in [0.2, 0.25) is 0 Å². The van der Waals surface area contributed by atoms with Crippen LogP contribution in [-0.2, 0) is 11.3 Å². The number of nitrogens with zero attached hydrogens (tertiary/aromatic N) is 1. The molecule has 0 spiro atoms. The summed E-state index contributed by atoms with van der Waals surface area (Å²) in [6, 6.07) is 9.11. The molecule has 0 aromatic heterocycles. The minimum atomic E-state index is -0.519. The highest BCUT2D eigenvalue weighted by molar-refractivity contribution is 5.74. The van der Waals surface area contributed by atoms with Gasteiger partial charge in [0, 0.05) is 0 Å². The highest BCUT2D eigenvalue weighted by Crippen LogP contribution is 2.04. The van der Waals surface area contributed by atoms with Crippen LogP contribution in [0.15, 0.2) is 35.5 Å². The second-order valence-electron chi connectivity index (χ2n) is 4.71. The van der Waals surface area contributed by atoms with Gasteiger partial charge >= 0.3 is 6.09 Å². The first kappa shape index (κ1) is 15.0. The third kappa shape index (κ3) is 6.45. The molecule has 104 valence electrons. The Morgan fingerprint density at radius 1 is 1.42 bits per heavy atom. The monoisotopic (exact) mass is 264 g/mol. The van der Waals surface area contributed by atoms with Crippen molar-refractivity contribution in [1.82, 2.24) is 5.32 Å². The summed E-state index contributed by atoms with van der Waals surface area (Å²) < 4.78 is 5.09. The van der Waals surface area contributed by atoms with Gasteiger partial charge in [-0.15, -0.1) is 0 Å². The number of nitrogens with one attached hydrogen (secondary N) is 1. The zero-order valence-electron chi connectivity index (χ0n) is 11.2. The zero-order chi connectivity index (χ0) is 14.1. The van der Waals surface area contributed by atoms with E-state index < -0.39 is 6.09 Å². The lowest BCUT2D eigenvalue weighted by Crippen LogP contribution is -2.37. The maximum Gasteiger partial charge on any atom is 0.407 e. The first-order valence-corrected chi connectivity index (χ1v) is 6.26. The molecule has 2 N–H and O–H groups in total. The van der Waals surface area contributed by atoms with E-state index in [1.165, 1.54) is 6.21 Å². The molecule has 0 heterocycles. The van der Waals surface area contributed by atoms with Crippen LogP contribution in [0, 0.1) is 5.92 Å². The van der Waals surface area contributed by atoms with Crippen LogP contribution in [-0.4, -0.2) is 23.6 Å². The fraction of sp³-hybridized carbons (Fsp3) is 0.429. The number of hydrogen-bond donors (Lipinski definition) is 2. The molecule has 1 unspecified atom stereocenters. The molecule has 0 saturated heterocycles. The van der Waals surface area contributed by atoms with Gasteiger partial charge in [-0.25, -0.2) is 4.79 Å². The Labute approximate surface area is 113 Å². The van der Waals surface area contributed by atoms with Gasteiger partial charge in [0.15, 0.2) is 0 Å². The lowest BCUT2D eigenvalue weighted by Gasteiger charge is -2.15. The van der Waals surface area contributed by atoms with E-state index in [1.807, 2.05) is 44.2 Å². The van der Waals surface area contributed by atoms with Crippen LogP contribution in [0.5, 0.6) is 0 Å². The number of benzene rings is 1. The van der Waals surface area contributed by atoms with Crippen LogP contribution in [0.3, 0.4) is 0 Å². The third-order valence-electron chi connectivity index (χ3n) is 2.49. The Bertz CT molecular complexity index is 404. The quantitative estimate of drug-likeness (QED) is 0.471. The minimum Gasteiger partial charge on any atom is -0.445 e. The molecule has 1 rings (SSSR count). The van der Waals surface area contributed by atoms with Crippen LogP contribution in [0.2, 0.25) is 0 Å². The molecule has 0 saturated carbocycles. The van der Waals surface area contributed by atoms with Gasteiger partial charge in [-0.3, -0.25) is 0 Å². The molecule has 0 aliphatic heterocycles. The maximum atomic E-state index is 11.6. The second-order valence-corrected chi connectivity index (χ2v) is 4.71. The number of carbonyl (C=O) groups is 1. The van der Waals surface area contributed by atoms with Crippen molar-refractivity contribution in [3.8, 4) is 0 Å². The van der Waals surface area contributed by atoms with E-state index in [0.717, 1.165) is 5.56 Å². The molecule has 1 aromatic rings. The first-order chi connectivity index (χ1) is 9.11. The molecule has 0 aliphatic rings. The van der Waals surface area contributed by atoms with Crippen molar-refractivity contribution < 1.29 is 14.7 Å². The fourth-order valence-corrected chi connectivity index (χ4v) is 1.66. The van der Waals surface area contributed by atoms with Gasteiger partial charge < -0.3 is 15.3 Å². The zero-order valence-corrected chi connectivity index (χ0v) is 11.2. The van der Waals surface area contributed by atoms with Gasteiger partial charge in [0.1, 0.15) is 6.61 Å². The van der Waals surface area contributed by atoms with E-state index in [-0.39, 0.29) is 12.6 Å². The van der Waals surface area contributed by atoms with Crippen LogP contribution in [0.1, 0.15) is 25.8 Å². The SMILES string of the molecule is CC(C)CC(/C=N/O)NC(=O)OCc1ccccc1. The largest absolute Gasteiger partial charge is 0.445 e. The van der Waals surface area contributed by atoms with Crippen LogP contribution in [0.4, 0.5) is 4.79 Å². The van der Waals surface area contributed by atoms with Crippen LogP contribution in [0.25, 0.3) is 0 Å². The van der Waals surface area contributed by atoms with E-state index in [2.05, 4.69) is 10.5 Å². The van der Waals surface area contributed by atoms with Gasteiger partial charge in [0.05, 0.1) is 12.3 Å². The average Bonchev–Trinajstić information content (AvgIpc) is 2.37. The molecule has 1 amide bonds. The predicted octanol–water partition coefficient (Wildman–Crippen LogP) is 2.79. The molecule has 19 heavy (non-hydrogen) atoms. The molecule has 0 aliphatic carbocycles. The predicted molar refractivity (Wildman–Crippen MR) is 73.3 cm³/mol. The Balaban J connectivity index is 2.40. The molecule has 1 atom stereocenters. The van der Waals surface area contributed by atoms with Crippen LogP contribution < -0.4 is 5.32 Å². The molecule has 5 heteroatoms. The number of hydrogen-bond acceptors (Lipinski definition) is 4. The van der Waals surface area contributed by atoms with Crippen molar-refractivity contribution in [2.75, 3.05) is 0 Å². The van der Waals surface area contributed by atoms with Crippen molar-refractivity contribution in [1.29, 1.82) is 0 Å². The normalized spacial score (nSPS) is 12.6. The number of carbonyl (C=O) groups excluding carboxylic acids is 1. The lowest BCUT2D eigenvalue weighted by atomic mass is 10.1. The van der Waals surface area contributed by atoms with Gasteiger partial charge in [-0.1, -0.05) is 49.3 Å². The fourth-order valence-electron chi connectivity index (χ4n) is 1.66. The van der Waals surface area contributed by atoms with Crippen molar-refractivity contribution in [2.45, 2.75) is 32.9 Å². The van der Waals surface area contributed by atoms with Gasteiger partial charge in [0.25, 0.3) is 0 Å². The Kier molecular flexibility index (Phi) is 6.43. The van der Waals surface area contributed by atoms with Crippen molar-refractivity contribution in [3.63, 3.8) is 0 Å². The topological polar surface area (TPSA) is 70.9 Å². The highest BCUT2D eigenvalue weighted by Gasteiger charge is 2.13.